The van der Waals surface area contributed by atoms with Crippen LogP contribution >= 0.6 is 11.8 Å². The summed E-state index contributed by atoms with van der Waals surface area (Å²) in [5, 5.41) is 2.36. The van der Waals surface area contributed by atoms with Gasteiger partial charge in [-0.1, -0.05) is 60.7 Å². The predicted octanol–water partition coefficient (Wildman–Crippen LogP) is 5.63. The van der Waals surface area contributed by atoms with Gasteiger partial charge >= 0.3 is 6.18 Å². The van der Waals surface area contributed by atoms with E-state index >= 15 is 0 Å². The number of hydrogen-bond acceptors (Lipinski definition) is 3. The molecule has 0 aliphatic carbocycles. The third-order valence-electron chi connectivity index (χ3n) is 5.99. The summed E-state index contributed by atoms with van der Waals surface area (Å²) in [6.07, 6.45) is -3.79. The lowest BCUT2D eigenvalue weighted by molar-refractivity contribution is -0.137. The minimum Gasteiger partial charge on any atom is -0.354 e. The van der Waals surface area contributed by atoms with Crippen molar-refractivity contribution in [3.8, 4) is 0 Å². The van der Waals surface area contributed by atoms with Gasteiger partial charge in [-0.15, -0.1) is 11.8 Å². The van der Waals surface area contributed by atoms with Gasteiger partial charge in [0.15, 0.2) is 0 Å². The third kappa shape index (κ3) is 5.70. The standard InChI is InChI=1S/C27H25F3N2O2S/c1-18-7-5-6-10-22(18)25(34)32-23(24(33)31-16-15-19-8-3-2-4-9-19)17-35-26(32)20-11-13-21(14-12-20)27(28,29)30/h2-14,23,26H,15-17H2,1H3,(H,31,33). The number of amides is 2. The van der Waals surface area contributed by atoms with Crippen molar-refractivity contribution in [1.29, 1.82) is 0 Å². The van der Waals surface area contributed by atoms with Crippen molar-refractivity contribution < 1.29 is 22.8 Å². The van der Waals surface area contributed by atoms with Gasteiger partial charge in [0.2, 0.25) is 5.91 Å². The summed E-state index contributed by atoms with van der Waals surface area (Å²) in [4.78, 5) is 28.3. The van der Waals surface area contributed by atoms with Gasteiger partial charge in [0.1, 0.15) is 11.4 Å². The fourth-order valence-electron chi connectivity index (χ4n) is 4.09. The molecule has 1 aliphatic heterocycles. The first-order chi connectivity index (χ1) is 16.8. The Balaban J connectivity index is 1.57. The van der Waals surface area contributed by atoms with Crippen LogP contribution in [0.5, 0.6) is 0 Å². The van der Waals surface area contributed by atoms with E-state index in [0.29, 0.717) is 29.8 Å². The first-order valence-corrected chi connectivity index (χ1v) is 12.3. The molecule has 1 aliphatic rings. The second kappa shape index (κ2) is 10.6. The maximum atomic E-state index is 13.6. The van der Waals surface area contributed by atoms with E-state index in [9.17, 15) is 22.8 Å². The van der Waals surface area contributed by atoms with Gasteiger partial charge in [0.25, 0.3) is 5.91 Å². The van der Waals surface area contributed by atoms with Crippen molar-refractivity contribution in [2.45, 2.75) is 30.9 Å². The van der Waals surface area contributed by atoms with Crippen LogP contribution in [0.15, 0.2) is 78.9 Å². The summed E-state index contributed by atoms with van der Waals surface area (Å²) < 4.78 is 39.2. The van der Waals surface area contributed by atoms with Gasteiger partial charge in [0, 0.05) is 17.9 Å². The smallest absolute Gasteiger partial charge is 0.354 e. The molecule has 8 heteroatoms. The minimum atomic E-state index is -4.45. The van der Waals surface area contributed by atoms with Crippen molar-refractivity contribution >= 4 is 23.6 Å². The SMILES string of the molecule is Cc1ccccc1C(=O)N1C(C(=O)NCCc2ccccc2)CSC1c1ccc(C(F)(F)F)cc1. The molecule has 2 amide bonds. The Morgan fingerprint density at radius 3 is 2.29 bits per heavy atom. The average Bonchev–Trinajstić information content (AvgIpc) is 3.29. The topological polar surface area (TPSA) is 49.4 Å². The summed E-state index contributed by atoms with van der Waals surface area (Å²) in [5.41, 5.74) is 2.11. The Kier molecular flexibility index (Phi) is 7.50. The van der Waals surface area contributed by atoms with Crippen LogP contribution in [-0.4, -0.2) is 35.1 Å². The Morgan fingerprint density at radius 1 is 0.971 bits per heavy atom. The van der Waals surface area contributed by atoms with E-state index in [-0.39, 0.29) is 11.8 Å². The van der Waals surface area contributed by atoms with Gasteiger partial charge in [-0.05, 0) is 48.2 Å². The van der Waals surface area contributed by atoms with E-state index < -0.39 is 23.2 Å². The normalized spacial score (nSPS) is 17.9. The number of rotatable bonds is 6. The van der Waals surface area contributed by atoms with E-state index in [4.69, 9.17) is 0 Å². The third-order valence-corrected chi connectivity index (χ3v) is 7.32. The van der Waals surface area contributed by atoms with Crippen LogP contribution < -0.4 is 5.32 Å². The van der Waals surface area contributed by atoms with Gasteiger partial charge in [-0.3, -0.25) is 9.59 Å². The summed E-state index contributed by atoms with van der Waals surface area (Å²) in [7, 11) is 0. The number of thioether (sulfide) groups is 1. The lowest BCUT2D eigenvalue weighted by atomic mass is 10.0. The summed E-state index contributed by atoms with van der Waals surface area (Å²) in [6.45, 7) is 2.24. The highest BCUT2D eigenvalue weighted by Crippen LogP contribution is 2.43. The second-order valence-corrected chi connectivity index (χ2v) is 9.49. The number of nitrogens with zero attached hydrogens (tertiary/aromatic N) is 1. The molecule has 1 saturated heterocycles. The maximum absolute atomic E-state index is 13.6. The Hall–Kier alpha value is -3.26. The first-order valence-electron chi connectivity index (χ1n) is 11.2. The van der Waals surface area contributed by atoms with Crippen molar-refractivity contribution in [3.63, 3.8) is 0 Å². The van der Waals surface area contributed by atoms with Crippen LogP contribution in [0.2, 0.25) is 0 Å². The molecule has 1 heterocycles. The molecule has 3 aromatic carbocycles. The quantitative estimate of drug-likeness (QED) is 0.479. The van der Waals surface area contributed by atoms with E-state index in [1.165, 1.54) is 28.8 Å². The molecule has 0 radical (unpaired) electrons. The number of benzene rings is 3. The van der Waals surface area contributed by atoms with Crippen LogP contribution in [0.3, 0.4) is 0 Å². The van der Waals surface area contributed by atoms with Gasteiger partial charge in [0.05, 0.1) is 5.56 Å². The van der Waals surface area contributed by atoms with E-state index in [1.54, 1.807) is 12.1 Å². The van der Waals surface area contributed by atoms with Crippen LogP contribution in [0, 0.1) is 6.92 Å². The van der Waals surface area contributed by atoms with Crippen LogP contribution in [-0.2, 0) is 17.4 Å². The molecule has 4 nitrogen and oxygen atoms in total. The van der Waals surface area contributed by atoms with E-state index in [2.05, 4.69) is 5.32 Å². The van der Waals surface area contributed by atoms with Crippen LogP contribution in [0.25, 0.3) is 0 Å². The number of aryl methyl sites for hydroxylation is 1. The molecule has 35 heavy (non-hydrogen) atoms. The van der Waals surface area contributed by atoms with Gasteiger partial charge < -0.3 is 10.2 Å². The molecule has 2 atom stereocenters. The largest absolute Gasteiger partial charge is 0.416 e. The molecule has 0 saturated carbocycles. The Labute approximate surface area is 206 Å². The molecule has 3 aromatic rings. The number of nitrogens with one attached hydrogen (secondary N) is 1. The molecular formula is C27H25F3N2O2S. The van der Waals surface area contributed by atoms with Crippen molar-refractivity contribution in [2.24, 2.45) is 0 Å². The van der Waals surface area contributed by atoms with Crippen LogP contribution in [0.4, 0.5) is 13.2 Å². The van der Waals surface area contributed by atoms with Crippen molar-refractivity contribution in [3.05, 3.63) is 107 Å². The monoisotopic (exact) mass is 498 g/mol. The molecule has 0 bridgehead atoms. The summed E-state index contributed by atoms with van der Waals surface area (Å²) >= 11 is 1.38. The highest BCUT2D eigenvalue weighted by atomic mass is 32.2. The van der Waals surface area contributed by atoms with Gasteiger partial charge in [-0.25, -0.2) is 0 Å². The molecule has 0 aromatic heterocycles. The van der Waals surface area contributed by atoms with Gasteiger partial charge in [-0.2, -0.15) is 13.2 Å². The number of carbonyl (C=O) groups is 2. The fourth-order valence-corrected chi connectivity index (χ4v) is 5.52. The Morgan fingerprint density at radius 2 is 1.63 bits per heavy atom. The lowest BCUT2D eigenvalue weighted by Gasteiger charge is -2.30. The fraction of sp³-hybridized carbons (Fsp3) is 0.259. The van der Waals surface area contributed by atoms with E-state index in [1.807, 2.05) is 49.4 Å². The zero-order valence-electron chi connectivity index (χ0n) is 19.1. The summed E-state index contributed by atoms with van der Waals surface area (Å²) in [6, 6.07) is 20.9. The Bertz CT molecular complexity index is 1180. The number of alkyl halides is 3. The number of halogens is 3. The van der Waals surface area contributed by atoms with Crippen molar-refractivity contribution in [2.75, 3.05) is 12.3 Å². The minimum absolute atomic E-state index is 0.273. The number of hydrogen-bond donors (Lipinski definition) is 1. The molecule has 1 N–H and O–H groups in total. The zero-order chi connectivity index (χ0) is 25.0. The van der Waals surface area contributed by atoms with Crippen molar-refractivity contribution in [1.82, 2.24) is 10.2 Å². The number of carbonyl (C=O) groups excluding carboxylic acids is 2. The molecule has 1 fully saturated rings. The molecular weight excluding hydrogens is 473 g/mol. The summed E-state index contributed by atoms with van der Waals surface area (Å²) in [5.74, 6) is -0.244. The average molecular weight is 499 g/mol. The molecule has 4 rings (SSSR count). The first kappa shape index (κ1) is 24.9. The second-order valence-electron chi connectivity index (χ2n) is 8.38. The highest BCUT2D eigenvalue weighted by Gasteiger charge is 2.43. The van der Waals surface area contributed by atoms with Crippen LogP contribution in [0.1, 0.15) is 38.0 Å². The molecule has 0 spiro atoms. The highest BCUT2D eigenvalue weighted by molar-refractivity contribution is 7.99. The maximum Gasteiger partial charge on any atom is 0.416 e. The zero-order valence-corrected chi connectivity index (χ0v) is 19.9. The predicted molar refractivity (Wildman–Crippen MR) is 131 cm³/mol. The van der Waals surface area contributed by atoms with E-state index in [0.717, 1.165) is 23.3 Å². The lowest BCUT2D eigenvalue weighted by Crippen LogP contribution is -2.48. The molecule has 182 valence electrons. The molecule has 2 unspecified atom stereocenters.